The summed E-state index contributed by atoms with van der Waals surface area (Å²) in [7, 11) is 1.30. The maximum Gasteiger partial charge on any atom is 0.0207 e. The molecule has 3 heteroatoms. The van der Waals surface area contributed by atoms with E-state index in [9.17, 15) is 0 Å². The standard InChI is InChI=1S/C8H10BrISi/c9-8-2-1-7(10)5-6(8)3-4-11/h1-2,5H,3-4H2,11H3. The second-order valence-electron chi connectivity index (χ2n) is 2.49. The zero-order valence-electron chi connectivity index (χ0n) is 6.40. The normalized spacial score (nSPS) is 10.4. The van der Waals surface area contributed by atoms with Crippen LogP contribution in [0, 0.1) is 3.57 Å². The molecule has 1 aromatic carbocycles. The molecule has 0 spiro atoms. The van der Waals surface area contributed by atoms with Gasteiger partial charge in [0.15, 0.2) is 0 Å². The Labute approximate surface area is 92.5 Å². The Hall–Kier alpha value is 0.647. The second-order valence-corrected chi connectivity index (χ2v) is 5.59. The summed E-state index contributed by atoms with van der Waals surface area (Å²) in [6.07, 6.45) is 1.23. The van der Waals surface area contributed by atoms with Crippen LogP contribution in [0.5, 0.6) is 0 Å². The molecule has 0 aliphatic rings. The van der Waals surface area contributed by atoms with Gasteiger partial charge >= 0.3 is 0 Å². The van der Waals surface area contributed by atoms with E-state index in [1.54, 1.807) is 0 Å². The van der Waals surface area contributed by atoms with Crippen LogP contribution in [0.15, 0.2) is 22.7 Å². The molecule has 0 fully saturated rings. The molecule has 1 rings (SSSR count). The van der Waals surface area contributed by atoms with E-state index in [1.807, 2.05) is 0 Å². The molecule has 0 heterocycles. The van der Waals surface area contributed by atoms with E-state index in [0.29, 0.717) is 0 Å². The lowest BCUT2D eigenvalue weighted by molar-refractivity contribution is 1.12. The number of hydrogen-bond acceptors (Lipinski definition) is 0. The molecule has 0 N–H and O–H groups in total. The van der Waals surface area contributed by atoms with Crippen molar-refractivity contribution in [2.45, 2.75) is 12.5 Å². The second kappa shape index (κ2) is 4.62. The molecule has 0 amide bonds. The Morgan fingerprint density at radius 3 is 2.82 bits per heavy atom. The van der Waals surface area contributed by atoms with Gasteiger partial charge in [-0.3, -0.25) is 0 Å². The van der Waals surface area contributed by atoms with E-state index in [-0.39, 0.29) is 0 Å². The molecule has 0 saturated carbocycles. The van der Waals surface area contributed by atoms with Gasteiger partial charge in [-0.05, 0) is 52.8 Å². The van der Waals surface area contributed by atoms with Gasteiger partial charge in [0.1, 0.15) is 0 Å². The third kappa shape index (κ3) is 2.87. The Bertz CT molecular complexity index is 250. The summed E-state index contributed by atoms with van der Waals surface area (Å²) in [5.41, 5.74) is 1.45. The largest absolute Gasteiger partial charge is 0.0618 e. The molecular formula is C8H10BrISi. The fourth-order valence-corrected chi connectivity index (χ4v) is 2.54. The van der Waals surface area contributed by atoms with E-state index < -0.39 is 0 Å². The van der Waals surface area contributed by atoms with Crippen molar-refractivity contribution in [1.82, 2.24) is 0 Å². The van der Waals surface area contributed by atoms with Crippen LogP contribution in [0.1, 0.15) is 5.56 Å². The lowest BCUT2D eigenvalue weighted by atomic mass is 10.2. The topological polar surface area (TPSA) is 0 Å². The number of benzene rings is 1. The monoisotopic (exact) mass is 340 g/mol. The lowest BCUT2D eigenvalue weighted by Crippen LogP contribution is -1.86. The SMILES string of the molecule is [SiH3]CCc1cc(I)ccc1Br. The van der Waals surface area contributed by atoms with Crippen LogP contribution in [-0.2, 0) is 6.42 Å². The van der Waals surface area contributed by atoms with Crippen molar-refractivity contribution in [3.05, 3.63) is 31.8 Å². The first-order valence-electron chi connectivity index (χ1n) is 3.68. The lowest BCUT2D eigenvalue weighted by Gasteiger charge is -2.02. The van der Waals surface area contributed by atoms with Crippen LogP contribution in [0.25, 0.3) is 0 Å². The fraction of sp³-hybridized carbons (Fsp3) is 0.250. The van der Waals surface area contributed by atoms with Gasteiger partial charge in [0.25, 0.3) is 0 Å². The molecule has 0 saturated heterocycles. The maximum absolute atomic E-state index is 3.54. The molecule has 60 valence electrons. The minimum absolute atomic E-state index is 1.23. The van der Waals surface area contributed by atoms with E-state index in [0.717, 1.165) is 0 Å². The number of hydrogen-bond donors (Lipinski definition) is 0. The zero-order chi connectivity index (χ0) is 8.27. The van der Waals surface area contributed by atoms with Crippen LogP contribution < -0.4 is 0 Å². The van der Waals surface area contributed by atoms with Crippen molar-refractivity contribution < 1.29 is 0 Å². The predicted molar refractivity (Wildman–Crippen MR) is 65.3 cm³/mol. The molecule has 0 atom stereocenters. The van der Waals surface area contributed by atoms with Crippen LogP contribution in [0.4, 0.5) is 0 Å². The maximum atomic E-state index is 3.54. The van der Waals surface area contributed by atoms with E-state index in [2.05, 4.69) is 56.7 Å². The fourth-order valence-electron chi connectivity index (χ4n) is 1.00. The Morgan fingerprint density at radius 1 is 1.45 bits per heavy atom. The van der Waals surface area contributed by atoms with E-state index >= 15 is 0 Å². The highest BCUT2D eigenvalue weighted by molar-refractivity contribution is 14.1. The van der Waals surface area contributed by atoms with Gasteiger partial charge in [-0.25, -0.2) is 0 Å². The highest BCUT2D eigenvalue weighted by Crippen LogP contribution is 2.20. The van der Waals surface area contributed by atoms with Crippen molar-refractivity contribution in [2.75, 3.05) is 0 Å². The van der Waals surface area contributed by atoms with Crippen molar-refractivity contribution >= 4 is 48.8 Å². The first kappa shape index (κ1) is 9.73. The highest BCUT2D eigenvalue weighted by atomic mass is 127. The molecule has 0 bridgehead atoms. The van der Waals surface area contributed by atoms with Gasteiger partial charge in [-0.2, -0.15) is 0 Å². The minimum Gasteiger partial charge on any atom is -0.0618 e. The third-order valence-electron chi connectivity index (χ3n) is 1.53. The van der Waals surface area contributed by atoms with Gasteiger partial charge in [0.2, 0.25) is 0 Å². The summed E-state index contributed by atoms with van der Waals surface area (Å²) >= 11 is 5.90. The van der Waals surface area contributed by atoms with Crippen molar-refractivity contribution in [2.24, 2.45) is 0 Å². The molecular weight excluding hydrogens is 331 g/mol. The van der Waals surface area contributed by atoms with Gasteiger partial charge in [0.05, 0.1) is 0 Å². The van der Waals surface area contributed by atoms with Gasteiger partial charge in [-0.1, -0.05) is 22.0 Å². The molecule has 0 aliphatic carbocycles. The number of rotatable bonds is 2. The Kier molecular flexibility index (Phi) is 4.09. The van der Waals surface area contributed by atoms with Crippen molar-refractivity contribution in [3.63, 3.8) is 0 Å². The Morgan fingerprint density at radius 2 is 2.18 bits per heavy atom. The molecule has 1 aromatic rings. The quantitative estimate of drug-likeness (QED) is 0.573. The number of aryl methyl sites for hydroxylation is 1. The van der Waals surface area contributed by atoms with Crippen LogP contribution in [-0.4, -0.2) is 10.2 Å². The molecule has 11 heavy (non-hydrogen) atoms. The molecule has 0 aliphatic heterocycles. The first-order valence-corrected chi connectivity index (χ1v) is 6.96. The summed E-state index contributed by atoms with van der Waals surface area (Å²) in [6, 6.07) is 7.86. The summed E-state index contributed by atoms with van der Waals surface area (Å²) in [6.45, 7) is 0. The van der Waals surface area contributed by atoms with Crippen molar-refractivity contribution in [1.29, 1.82) is 0 Å². The summed E-state index contributed by atoms with van der Waals surface area (Å²) in [4.78, 5) is 0. The highest BCUT2D eigenvalue weighted by Gasteiger charge is 1.97. The van der Waals surface area contributed by atoms with Crippen LogP contribution in [0.3, 0.4) is 0 Å². The molecule has 0 aromatic heterocycles. The van der Waals surface area contributed by atoms with Gasteiger partial charge < -0.3 is 0 Å². The molecule has 0 radical (unpaired) electrons. The van der Waals surface area contributed by atoms with Gasteiger partial charge in [-0.15, -0.1) is 0 Å². The molecule has 0 nitrogen and oxygen atoms in total. The Balaban J connectivity index is 2.93. The van der Waals surface area contributed by atoms with Crippen LogP contribution in [0.2, 0.25) is 6.04 Å². The summed E-state index contributed by atoms with van der Waals surface area (Å²) in [5.74, 6) is 0. The predicted octanol–water partition coefficient (Wildman–Crippen LogP) is 2.38. The van der Waals surface area contributed by atoms with E-state index in [1.165, 1.54) is 36.3 Å². The smallest absolute Gasteiger partial charge is 0.0207 e. The zero-order valence-corrected chi connectivity index (χ0v) is 12.1. The van der Waals surface area contributed by atoms with Gasteiger partial charge in [0, 0.05) is 18.3 Å². The third-order valence-corrected chi connectivity index (χ3v) is 3.47. The molecule has 0 unspecified atom stereocenters. The van der Waals surface area contributed by atoms with Crippen LogP contribution >= 0.6 is 38.5 Å². The number of halogens is 2. The van der Waals surface area contributed by atoms with Crippen molar-refractivity contribution in [3.8, 4) is 0 Å². The summed E-state index contributed by atoms with van der Waals surface area (Å²) in [5, 5.41) is 0. The average molecular weight is 341 g/mol. The summed E-state index contributed by atoms with van der Waals surface area (Å²) < 4.78 is 2.59. The van der Waals surface area contributed by atoms with E-state index in [4.69, 9.17) is 0 Å². The first-order chi connectivity index (χ1) is 5.24. The average Bonchev–Trinajstić information content (AvgIpc) is 1.98. The minimum atomic E-state index is 1.23.